The van der Waals surface area contributed by atoms with Gasteiger partial charge in [-0.05, 0) is 43.2 Å². The average molecular weight is 389 g/mol. The summed E-state index contributed by atoms with van der Waals surface area (Å²) in [6, 6.07) is 6.80. The molecular weight excluding hydrogens is 371 g/mol. The van der Waals surface area contributed by atoms with Gasteiger partial charge in [0.1, 0.15) is 5.82 Å². The van der Waals surface area contributed by atoms with Crippen LogP contribution in [-0.4, -0.2) is 34.2 Å². The van der Waals surface area contributed by atoms with Gasteiger partial charge in [-0.1, -0.05) is 0 Å². The minimum Gasteiger partial charge on any atom is -0.381 e. The van der Waals surface area contributed by atoms with E-state index >= 15 is 0 Å². The maximum Gasteiger partial charge on any atom is 0.416 e. The van der Waals surface area contributed by atoms with Crippen molar-refractivity contribution in [2.45, 2.75) is 25.1 Å². The zero-order chi connectivity index (χ0) is 19.6. The molecule has 0 spiro atoms. The molecule has 1 aromatic carbocycles. The van der Waals surface area contributed by atoms with E-state index in [9.17, 15) is 13.2 Å². The molecule has 3 aromatic rings. The van der Waals surface area contributed by atoms with Crippen LogP contribution < -0.4 is 10.6 Å². The highest BCUT2D eigenvalue weighted by atomic mass is 19.4. The molecule has 146 valence electrons. The third-order valence-electron chi connectivity index (χ3n) is 4.53. The summed E-state index contributed by atoms with van der Waals surface area (Å²) in [5.41, 5.74) is 0.483. The van der Waals surface area contributed by atoms with Gasteiger partial charge in [-0.25, -0.2) is 4.98 Å². The van der Waals surface area contributed by atoms with E-state index < -0.39 is 11.7 Å². The van der Waals surface area contributed by atoms with Gasteiger partial charge >= 0.3 is 6.18 Å². The molecule has 1 aliphatic heterocycles. The number of hydrogen-bond acceptors (Lipinski definition) is 6. The number of hydrogen-bond donors (Lipinski definition) is 2. The van der Waals surface area contributed by atoms with Gasteiger partial charge in [0.05, 0.1) is 16.5 Å². The van der Waals surface area contributed by atoms with E-state index in [-0.39, 0.29) is 6.04 Å². The minimum atomic E-state index is -4.37. The Morgan fingerprint density at radius 3 is 2.46 bits per heavy atom. The van der Waals surface area contributed by atoms with Gasteiger partial charge in [-0.15, -0.1) is 0 Å². The van der Waals surface area contributed by atoms with Crippen molar-refractivity contribution in [3.8, 4) is 0 Å². The van der Waals surface area contributed by atoms with E-state index in [4.69, 9.17) is 4.74 Å². The summed E-state index contributed by atoms with van der Waals surface area (Å²) in [5, 5.41) is 7.08. The van der Waals surface area contributed by atoms with Crippen LogP contribution in [0.2, 0.25) is 0 Å². The van der Waals surface area contributed by atoms with Crippen molar-refractivity contribution in [2.75, 3.05) is 23.8 Å². The number of benzene rings is 1. The molecule has 2 aromatic heterocycles. The Kier molecular flexibility index (Phi) is 4.99. The highest BCUT2D eigenvalue weighted by Crippen LogP contribution is 2.31. The number of fused-ring (bicyclic) bond motifs is 1. The van der Waals surface area contributed by atoms with Crippen molar-refractivity contribution in [3.63, 3.8) is 0 Å². The van der Waals surface area contributed by atoms with Crippen LogP contribution >= 0.6 is 0 Å². The average Bonchev–Trinajstić information content (AvgIpc) is 2.68. The summed E-state index contributed by atoms with van der Waals surface area (Å²) in [6.45, 7) is 1.37. The first-order valence-corrected chi connectivity index (χ1v) is 8.89. The molecule has 28 heavy (non-hydrogen) atoms. The van der Waals surface area contributed by atoms with Crippen LogP contribution in [-0.2, 0) is 10.9 Å². The monoisotopic (exact) mass is 389 g/mol. The predicted molar refractivity (Wildman–Crippen MR) is 99.5 cm³/mol. The zero-order valence-electron chi connectivity index (χ0n) is 14.8. The molecular formula is C19H18F3N5O. The maximum absolute atomic E-state index is 12.8. The molecule has 4 rings (SSSR count). The number of rotatable bonds is 4. The molecule has 0 unspecified atom stereocenters. The maximum atomic E-state index is 12.8. The molecule has 1 fully saturated rings. The molecule has 1 aliphatic rings. The van der Waals surface area contributed by atoms with E-state index in [2.05, 4.69) is 25.6 Å². The van der Waals surface area contributed by atoms with E-state index in [1.165, 1.54) is 12.1 Å². The number of anilines is 3. The number of nitrogens with one attached hydrogen (secondary N) is 2. The van der Waals surface area contributed by atoms with Crippen molar-refractivity contribution in [1.82, 2.24) is 15.0 Å². The largest absolute Gasteiger partial charge is 0.416 e. The summed E-state index contributed by atoms with van der Waals surface area (Å²) < 4.78 is 43.7. The molecule has 2 N–H and O–H groups in total. The van der Waals surface area contributed by atoms with Gasteiger partial charge in [-0.3, -0.25) is 4.98 Å². The quantitative estimate of drug-likeness (QED) is 0.690. The van der Waals surface area contributed by atoms with Gasteiger partial charge in [0.25, 0.3) is 0 Å². The fraction of sp³-hybridized carbons (Fsp3) is 0.316. The molecule has 0 aliphatic carbocycles. The summed E-state index contributed by atoms with van der Waals surface area (Å²) in [5.74, 6) is 0.937. The van der Waals surface area contributed by atoms with E-state index in [0.717, 1.165) is 25.0 Å². The van der Waals surface area contributed by atoms with Crippen LogP contribution in [0.3, 0.4) is 0 Å². The first-order valence-electron chi connectivity index (χ1n) is 8.89. The lowest BCUT2D eigenvalue weighted by molar-refractivity contribution is -0.137. The zero-order valence-corrected chi connectivity index (χ0v) is 14.8. The number of nitrogens with zero attached hydrogens (tertiary/aromatic N) is 3. The second-order valence-electron chi connectivity index (χ2n) is 6.52. The Hall–Kier alpha value is -2.94. The predicted octanol–water partition coefficient (Wildman–Crippen LogP) is 4.38. The molecule has 6 nitrogen and oxygen atoms in total. The number of alkyl halides is 3. The molecule has 0 saturated carbocycles. The highest BCUT2D eigenvalue weighted by Gasteiger charge is 2.30. The molecule has 1 saturated heterocycles. The lowest BCUT2D eigenvalue weighted by Gasteiger charge is -2.23. The number of aromatic nitrogens is 3. The SMILES string of the molecule is FC(F)(F)c1ccc(Nc2nc(NC3CCOCC3)nc3ccncc23)cc1. The van der Waals surface area contributed by atoms with Crippen molar-refractivity contribution in [3.05, 3.63) is 48.3 Å². The Morgan fingerprint density at radius 1 is 1.00 bits per heavy atom. The van der Waals surface area contributed by atoms with Gasteiger partial charge < -0.3 is 15.4 Å². The number of halogens is 3. The molecule has 9 heteroatoms. The molecule has 0 bridgehead atoms. The van der Waals surface area contributed by atoms with Crippen LogP contribution in [0.25, 0.3) is 10.9 Å². The Morgan fingerprint density at radius 2 is 1.75 bits per heavy atom. The summed E-state index contributed by atoms with van der Waals surface area (Å²) in [4.78, 5) is 13.2. The first-order chi connectivity index (χ1) is 13.5. The third-order valence-corrected chi connectivity index (χ3v) is 4.53. The fourth-order valence-electron chi connectivity index (χ4n) is 3.04. The van der Waals surface area contributed by atoms with Crippen molar-refractivity contribution < 1.29 is 17.9 Å². The second kappa shape index (κ2) is 7.59. The molecule has 0 atom stereocenters. The molecule has 3 heterocycles. The number of pyridine rings is 1. The van der Waals surface area contributed by atoms with Gasteiger partial charge in [0, 0.05) is 37.3 Å². The van der Waals surface area contributed by atoms with Crippen molar-refractivity contribution >= 4 is 28.4 Å². The number of ether oxygens (including phenoxy) is 1. The van der Waals surface area contributed by atoms with E-state index in [0.29, 0.717) is 41.6 Å². The third kappa shape index (κ3) is 4.14. The Bertz CT molecular complexity index is 956. The van der Waals surface area contributed by atoms with Crippen molar-refractivity contribution in [2.24, 2.45) is 0 Å². The van der Waals surface area contributed by atoms with Gasteiger partial charge in [-0.2, -0.15) is 18.2 Å². The van der Waals surface area contributed by atoms with Gasteiger partial charge in [0.2, 0.25) is 5.95 Å². The van der Waals surface area contributed by atoms with Crippen molar-refractivity contribution in [1.29, 1.82) is 0 Å². The second-order valence-corrected chi connectivity index (χ2v) is 6.52. The van der Waals surface area contributed by atoms with Crippen LogP contribution in [0.4, 0.5) is 30.6 Å². The summed E-state index contributed by atoms with van der Waals surface area (Å²) in [6.07, 6.45) is 0.610. The Balaban J connectivity index is 1.63. The molecule has 0 amide bonds. The highest BCUT2D eigenvalue weighted by molar-refractivity contribution is 5.91. The molecule has 0 radical (unpaired) electrons. The van der Waals surface area contributed by atoms with E-state index in [1.807, 2.05) is 0 Å². The van der Waals surface area contributed by atoms with Crippen LogP contribution in [0.5, 0.6) is 0 Å². The lowest BCUT2D eigenvalue weighted by Crippen LogP contribution is -2.28. The van der Waals surface area contributed by atoms with Crippen LogP contribution in [0, 0.1) is 0 Å². The smallest absolute Gasteiger partial charge is 0.381 e. The summed E-state index contributed by atoms with van der Waals surface area (Å²) >= 11 is 0. The van der Waals surface area contributed by atoms with E-state index in [1.54, 1.807) is 18.5 Å². The topological polar surface area (TPSA) is 72.0 Å². The fourth-order valence-corrected chi connectivity index (χ4v) is 3.04. The minimum absolute atomic E-state index is 0.215. The normalized spacial score (nSPS) is 15.5. The van der Waals surface area contributed by atoms with Crippen LogP contribution in [0.15, 0.2) is 42.7 Å². The first kappa shape index (κ1) is 18.4. The lowest BCUT2D eigenvalue weighted by atomic mass is 10.1. The van der Waals surface area contributed by atoms with Gasteiger partial charge in [0.15, 0.2) is 0 Å². The van der Waals surface area contributed by atoms with Crippen LogP contribution in [0.1, 0.15) is 18.4 Å². The standard InChI is InChI=1S/C19H18F3N5O/c20-19(21,22)12-1-3-13(4-2-12)24-17-15-11-23-8-5-16(15)26-18(27-17)25-14-6-9-28-10-7-14/h1-5,8,11,14H,6-7,9-10H2,(H2,24,25,26,27). The Labute approximate surface area is 159 Å². The summed E-state index contributed by atoms with van der Waals surface area (Å²) in [7, 11) is 0.